The van der Waals surface area contributed by atoms with Crippen LogP contribution in [0.1, 0.15) is 22.5 Å². The van der Waals surface area contributed by atoms with E-state index in [1.54, 1.807) is 45.0 Å². The molecule has 0 saturated heterocycles. The monoisotopic (exact) mass is 704 g/mol. The first-order valence-corrected chi connectivity index (χ1v) is 16.8. The molecular formula is C40H33FN10O2. The molecule has 0 amide bonds. The Labute approximate surface area is 304 Å². The van der Waals surface area contributed by atoms with Crippen molar-refractivity contribution in [1.29, 1.82) is 0 Å². The van der Waals surface area contributed by atoms with E-state index >= 15 is 4.39 Å². The number of aromatic nitrogens is 9. The van der Waals surface area contributed by atoms with Crippen LogP contribution >= 0.6 is 0 Å². The van der Waals surface area contributed by atoms with E-state index in [2.05, 4.69) is 20.4 Å². The fourth-order valence-electron chi connectivity index (χ4n) is 6.52. The summed E-state index contributed by atoms with van der Waals surface area (Å²) in [6.07, 6.45) is 5.23. The Morgan fingerprint density at radius 3 is 2.02 bits per heavy atom. The number of rotatable bonds is 11. The lowest BCUT2D eigenvalue weighted by molar-refractivity contribution is 0.374. The first kappa shape index (κ1) is 33.1. The second-order valence-electron chi connectivity index (χ2n) is 12.2. The Morgan fingerprint density at radius 1 is 0.774 bits per heavy atom. The van der Waals surface area contributed by atoms with Gasteiger partial charge in [-0.05, 0) is 34.0 Å². The van der Waals surface area contributed by atoms with E-state index in [9.17, 15) is 0 Å². The number of pyridine rings is 1. The molecule has 262 valence electrons. The quantitative estimate of drug-likeness (QED) is 0.134. The summed E-state index contributed by atoms with van der Waals surface area (Å²) < 4.78 is 29.0. The summed E-state index contributed by atoms with van der Waals surface area (Å²) in [5.41, 5.74) is 4.23. The van der Waals surface area contributed by atoms with Gasteiger partial charge in [0.05, 0.1) is 44.5 Å². The highest BCUT2D eigenvalue weighted by molar-refractivity contribution is 5.77. The van der Waals surface area contributed by atoms with E-state index in [1.807, 2.05) is 104 Å². The van der Waals surface area contributed by atoms with Crippen LogP contribution in [0.3, 0.4) is 0 Å². The maximum atomic E-state index is 16.3. The van der Waals surface area contributed by atoms with Crippen molar-refractivity contribution in [2.24, 2.45) is 7.05 Å². The number of tetrazole rings is 1. The minimum atomic E-state index is -0.996. The van der Waals surface area contributed by atoms with Gasteiger partial charge in [0.25, 0.3) is 0 Å². The molecule has 4 aromatic heterocycles. The zero-order valence-electron chi connectivity index (χ0n) is 29.1. The number of fused-ring (bicyclic) bond motifs is 1. The normalized spacial score (nSPS) is 11.5. The molecular weight excluding hydrogens is 672 g/mol. The topological polar surface area (TPSA) is 122 Å². The van der Waals surface area contributed by atoms with Crippen LogP contribution in [-0.4, -0.2) is 59.2 Å². The Morgan fingerprint density at radius 2 is 1.43 bits per heavy atom. The summed E-state index contributed by atoms with van der Waals surface area (Å²) in [5.74, 6) is 0.425. The lowest BCUT2D eigenvalue weighted by Crippen LogP contribution is -2.39. The number of halogens is 1. The third-order valence-electron chi connectivity index (χ3n) is 9.04. The Kier molecular flexibility index (Phi) is 8.72. The van der Waals surface area contributed by atoms with Gasteiger partial charge < -0.3 is 14.4 Å². The summed E-state index contributed by atoms with van der Waals surface area (Å²) in [5, 5.41) is 18.6. The van der Waals surface area contributed by atoms with E-state index in [0.717, 1.165) is 22.3 Å². The lowest BCUT2D eigenvalue weighted by atomic mass is 9.77. The predicted molar refractivity (Wildman–Crippen MR) is 197 cm³/mol. The smallest absolute Gasteiger partial charge is 0.194 e. The number of benzene rings is 4. The molecule has 0 aliphatic carbocycles. The van der Waals surface area contributed by atoms with Gasteiger partial charge >= 0.3 is 0 Å². The van der Waals surface area contributed by atoms with Crippen molar-refractivity contribution in [1.82, 2.24) is 44.9 Å². The molecule has 0 radical (unpaired) electrons. The van der Waals surface area contributed by atoms with Crippen molar-refractivity contribution in [2.75, 3.05) is 19.1 Å². The molecule has 0 atom stereocenters. The van der Waals surface area contributed by atoms with Gasteiger partial charge in [-0.1, -0.05) is 91.0 Å². The van der Waals surface area contributed by atoms with E-state index in [-0.39, 0.29) is 18.0 Å². The van der Waals surface area contributed by atoms with Gasteiger partial charge in [0, 0.05) is 30.9 Å². The second kappa shape index (κ2) is 13.9. The molecule has 8 aromatic rings. The largest absolute Gasteiger partial charge is 0.497 e. The van der Waals surface area contributed by atoms with Crippen LogP contribution in [0.2, 0.25) is 0 Å². The molecule has 4 aromatic carbocycles. The first-order chi connectivity index (χ1) is 26.0. The average Bonchev–Trinajstić information content (AvgIpc) is 3.87. The van der Waals surface area contributed by atoms with Crippen LogP contribution in [0, 0.1) is 5.82 Å². The van der Waals surface area contributed by atoms with Crippen molar-refractivity contribution in [3.05, 3.63) is 162 Å². The molecule has 0 N–H and O–H groups in total. The maximum Gasteiger partial charge on any atom is 0.194 e. The highest BCUT2D eigenvalue weighted by atomic mass is 19.1. The number of methoxy groups -OCH3 is 2. The average molecular weight is 705 g/mol. The second-order valence-corrected chi connectivity index (χ2v) is 12.2. The minimum Gasteiger partial charge on any atom is -0.497 e. The molecule has 0 fully saturated rings. The first-order valence-electron chi connectivity index (χ1n) is 16.8. The predicted octanol–water partition coefficient (Wildman–Crippen LogP) is 6.75. The molecule has 8 rings (SSSR count). The van der Waals surface area contributed by atoms with E-state index in [0.29, 0.717) is 34.2 Å². The number of nitrogens with zero attached hydrogens (tertiary/aromatic N) is 10. The number of ether oxygens (including phenoxy) is 2. The van der Waals surface area contributed by atoms with Gasteiger partial charge in [-0.2, -0.15) is 5.10 Å². The molecule has 0 aliphatic heterocycles. The van der Waals surface area contributed by atoms with Crippen molar-refractivity contribution >= 4 is 22.7 Å². The fourth-order valence-corrected chi connectivity index (χ4v) is 6.52. The molecule has 13 heteroatoms. The fraction of sp³-hybridized carbons (Fsp3) is 0.125. The van der Waals surface area contributed by atoms with E-state index in [4.69, 9.17) is 24.5 Å². The maximum absolute atomic E-state index is 16.3. The zero-order valence-corrected chi connectivity index (χ0v) is 29.1. The molecule has 53 heavy (non-hydrogen) atoms. The highest BCUT2D eigenvalue weighted by Crippen LogP contribution is 2.41. The van der Waals surface area contributed by atoms with Gasteiger partial charge in [-0.25, -0.2) is 14.4 Å². The molecule has 0 aliphatic rings. The Bertz CT molecular complexity index is 2410. The summed E-state index contributed by atoms with van der Waals surface area (Å²) in [4.78, 5) is 17.5. The van der Waals surface area contributed by atoms with Crippen LogP contribution in [-0.2, 0) is 19.1 Å². The summed E-state index contributed by atoms with van der Waals surface area (Å²) in [6.45, 7) is -0.0318. The summed E-state index contributed by atoms with van der Waals surface area (Å²) in [7, 11) is 4.74. The molecule has 0 unspecified atom stereocenters. The van der Waals surface area contributed by atoms with Gasteiger partial charge in [0.2, 0.25) is 0 Å². The van der Waals surface area contributed by atoms with Crippen molar-refractivity contribution in [3.63, 3.8) is 0 Å². The number of hydrogen-bond donors (Lipinski definition) is 0. The van der Waals surface area contributed by atoms with Gasteiger partial charge in [0.1, 0.15) is 17.1 Å². The van der Waals surface area contributed by atoms with Crippen LogP contribution < -0.4 is 14.4 Å². The van der Waals surface area contributed by atoms with Gasteiger partial charge in [-0.3, -0.25) is 9.67 Å². The van der Waals surface area contributed by atoms with Crippen molar-refractivity contribution in [3.8, 4) is 22.8 Å². The van der Waals surface area contributed by atoms with Crippen LogP contribution in [0.15, 0.2) is 134 Å². The van der Waals surface area contributed by atoms with Gasteiger partial charge in [-0.15, -0.1) is 15.0 Å². The molecule has 0 spiro atoms. The standard InChI is InChI=1S/C40H33FN10O2/c1-49-25-27(23-43-49)33-24-42-32-19-20-37(45-39(32)44-33)50(34-21-31(52-2)22-35(53-3)38(34)41)26-36-46-48-51(47-36)40(28-13-7-4-8-14-28,29-15-9-5-10-16-29)30-17-11-6-12-18-30/h4-25H,26H2,1-3H3. The van der Waals surface area contributed by atoms with E-state index < -0.39 is 11.4 Å². The molecule has 12 nitrogen and oxygen atoms in total. The van der Waals surface area contributed by atoms with Gasteiger partial charge in [0.15, 0.2) is 28.6 Å². The Balaban J connectivity index is 1.29. The molecule has 4 heterocycles. The summed E-state index contributed by atoms with van der Waals surface area (Å²) in [6, 6.07) is 36.7. The van der Waals surface area contributed by atoms with Crippen LogP contribution in [0.25, 0.3) is 22.4 Å². The molecule has 0 saturated carbocycles. The third kappa shape index (κ3) is 6.07. The number of hydrogen-bond acceptors (Lipinski definition) is 10. The van der Waals surface area contributed by atoms with E-state index in [1.165, 1.54) is 20.3 Å². The summed E-state index contributed by atoms with van der Waals surface area (Å²) >= 11 is 0. The van der Waals surface area contributed by atoms with Crippen LogP contribution in [0.5, 0.6) is 11.5 Å². The van der Waals surface area contributed by atoms with Crippen molar-refractivity contribution < 1.29 is 13.9 Å². The SMILES string of the molecule is COc1cc(OC)c(F)c(N(Cc2nnn(C(c3ccccc3)(c3ccccc3)c3ccccc3)n2)c2ccc3ncc(-c4cnn(C)c4)nc3n2)c1. The lowest BCUT2D eigenvalue weighted by Gasteiger charge is -2.34. The van der Waals surface area contributed by atoms with Crippen LogP contribution in [0.4, 0.5) is 15.9 Å². The number of anilines is 2. The van der Waals surface area contributed by atoms with Crippen molar-refractivity contribution in [2.45, 2.75) is 12.1 Å². The Hall–Kier alpha value is -7.02. The molecule has 0 bridgehead atoms. The zero-order chi connectivity index (χ0) is 36.4. The third-order valence-corrected chi connectivity index (χ3v) is 9.04. The highest BCUT2D eigenvalue weighted by Gasteiger charge is 2.41. The minimum absolute atomic E-state index is 0.00309. The number of aryl methyl sites for hydroxylation is 1.